The van der Waals surface area contributed by atoms with Crippen LogP contribution in [-0.4, -0.2) is 14.5 Å². The van der Waals surface area contributed by atoms with Crippen LogP contribution in [0.5, 0.6) is 0 Å². The lowest BCUT2D eigenvalue weighted by atomic mass is 9.93. The van der Waals surface area contributed by atoms with Crippen LogP contribution in [0.2, 0.25) is 0 Å². The molecule has 0 bridgehead atoms. The third-order valence-electron chi connectivity index (χ3n) is 7.33. The zero-order valence-electron chi connectivity index (χ0n) is 20.4. The third kappa shape index (κ3) is 3.04. The van der Waals surface area contributed by atoms with Gasteiger partial charge in [-0.15, -0.1) is 0 Å². The molecule has 3 aromatic heterocycles. The Balaban J connectivity index is 1.45. The van der Waals surface area contributed by atoms with Crippen molar-refractivity contribution in [1.82, 2.24) is 14.5 Å². The zero-order chi connectivity index (χ0) is 25.1. The number of aromatic nitrogens is 3. The molecule has 0 saturated carbocycles. The predicted octanol–water partition coefficient (Wildman–Crippen LogP) is 8.81. The Kier molecular flexibility index (Phi) is 4.49. The minimum absolute atomic E-state index is 0.624. The first-order valence-electron chi connectivity index (χ1n) is 12.7. The highest BCUT2D eigenvalue weighted by Crippen LogP contribution is 2.39. The molecule has 0 fully saturated rings. The molecule has 0 aliphatic rings. The standard InChI is InChI=1S/C34H21N3O/c1-2-12-23-22(10-1)11-9-17-24(23)25-13-3-4-16-28(25)32-33-29(20-21-38-33)35-34(36-32)37-30-18-7-5-14-26(30)27-15-6-8-19-31(27)37/h1-21H. The van der Waals surface area contributed by atoms with Crippen LogP contribution in [-0.2, 0) is 0 Å². The van der Waals surface area contributed by atoms with Crippen LogP contribution in [0.25, 0.3) is 72.0 Å². The van der Waals surface area contributed by atoms with Gasteiger partial charge in [0.1, 0.15) is 11.2 Å². The smallest absolute Gasteiger partial charge is 0.236 e. The number of rotatable bonds is 3. The van der Waals surface area contributed by atoms with Crippen LogP contribution in [0, 0.1) is 0 Å². The molecular formula is C34H21N3O. The van der Waals surface area contributed by atoms with E-state index >= 15 is 0 Å². The molecule has 0 unspecified atom stereocenters. The van der Waals surface area contributed by atoms with E-state index in [4.69, 9.17) is 14.4 Å². The van der Waals surface area contributed by atoms with Gasteiger partial charge in [0.25, 0.3) is 0 Å². The number of fused-ring (bicyclic) bond motifs is 5. The molecule has 0 radical (unpaired) electrons. The molecule has 0 aliphatic carbocycles. The second-order valence-electron chi connectivity index (χ2n) is 9.45. The summed E-state index contributed by atoms with van der Waals surface area (Å²) < 4.78 is 8.15. The Morgan fingerprint density at radius 3 is 1.89 bits per heavy atom. The van der Waals surface area contributed by atoms with E-state index in [-0.39, 0.29) is 0 Å². The average Bonchev–Trinajstić information content (AvgIpc) is 3.59. The largest absolute Gasteiger partial charge is 0.460 e. The maximum Gasteiger partial charge on any atom is 0.236 e. The van der Waals surface area contributed by atoms with Crippen molar-refractivity contribution in [3.63, 3.8) is 0 Å². The number of para-hydroxylation sites is 2. The van der Waals surface area contributed by atoms with Crippen LogP contribution < -0.4 is 0 Å². The highest BCUT2D eigenvalue weighted by molar-refractivity contribution is 6.09. The maximum absolute atomic E-state index is 5.99. The molecule has 5 aromatic carbocycles. The minimum atomic E-state index is 0.624. The Hall–Kier alpha value is -5.22. The first-order chi connectivity index (χ1) is 18.9. The summed E-state index contributed by atoms with van der Waals surface area (Å²) in [4.78, 5) is 10.2. The van der Waals surface area contributed by atoms with Crippen LogP contribution >= 0.6 is 0 Å². The van der Waals surface area contributed by atoms with Gasteiger partial charge in [-0.1, -0.05) is 103 Å². The van der Waals surface area contributed by atoms with Crippen molar-refractivity contribution in [3.8, 4) is 28.3 Å². The number of hydrogen-bond acceptors (Lipinski definition) is 3. The Labute approximate surface area is 218 Å². The normalized spacial score (nSPS) is 11.7. The quantitative estimate of drug-likeness (QED) is 0.250. The van der Waals surface area contributed by atoms with Gasteiger partial charge in [0.2, 0.25) is 5.95 Å². The lowest BCUT2D eigenvalue weighted by Gasteiger charge is -2.14. The Morgan fingerprint density at radius 1 is 0.500 bits per heavy atom. The SMILES string of the molecule is c1ccc(-c2nc(-n3c4ccccc4c4ccccc43)nc3ccoc23)c(-c2cccc3ccccc23)c1. The molecule has 0 atom stereocenters. The molecule has 0 aliphatic heterocycles. The summed E-state index contributed by atoms with van der Waals surface area (Å²) >= 11 is 0. The summed E-state index contributed by atoms with van der Waals surface area (Å²) in [7, 11) is 0. The summed E-state index contributed by atoms with van der Waals surface area (Å²) in [5, 5.41) is 4.76. The summed E-state index contributed by atoms with van der Waals surface area (Å²) in [5.74, 6) is 0.624. The van der Waals surface area contributed by atoms with Crippen molar-refractivity contribution >= 4 is 43.7 Å². The van der Waals surface area contributed by atoms with Crippen molar-refractivity contribution in [2.45, 2.75) is 0 Å². The number of hydrogen-bond donors (Lipinski definition) is 0. The topological polar surface area (TPSA) is 43.9 Å². The third-order valence-corrected chi connectivity index (χ3v) is 7.33. The molecule has 0 N–H and O–H groups in total. The lowest BCUT2D eigenvalue weighted by molar-refractivity contribution is 0.614. The molecule has 178 valence electrons. The summed E-state index contributed by atoms with van der Waals surface area (Å²) in [5.41, 5.74) is 7.66. The van der Waals surface area contributed by atoms with E-state index in [9.17, 15) is 0 Å². The Morgan fingerprint density at radius 2 is 1.11 bits per heavy atom. The second kappa shape index (κ2) is 8.15. The van der Waals surface area contributed by atoms with E-state index in [1.54, 1.807) is 6.26 Å². The van der Waals surface area contributed by atoms with Crippen LogP contribution in [0.3, 0.4) is 0 Å². The van der Waals surface area contributed by atoms with Crippen molar-refractivity contribution in [3.05, 3.63) is 128 Å². The summed E-state index contributed by atoms with van der Waals surface area (Å²) in [6.07, 6.45) is 1.69. The van der Waals surface area contributed by atoms with Crippen molar-refractivity contribution in [2.24, 2.45) is 0 Å². The van der Waals surface area contributed by atoms with Crippen molar-refractivity contribution in [2.75, 3.05) is 0 Å². The van der Waals surface area contributed by atoms with Gasteiger partial charge in [-0.2, -0.15) is 0 Å². The fourth-order valence-corrected chi connectivity index (χ4v) is 5.66. The van der Waals surface area contributed by atoms with Crippen molar-refractivity contribution < 1.29 is 4.42 Å². The lowest BCUT2D eigenvalue weighted by Crippen LogP contribution is -2.03. The molecule has 38 heavy (non-hydrogen) atoms. The fourth-order valence-electron chi connectivity index (χ4n) is 5.66. The van der Waals surface area contributed by atoms with Gasteiger partial charge < -0.3 is 4.42 Å². The highest BCUT2D eigenvalue weighted by Gasteiger charge is 2.20. The van der Waals surface area contributed by atoms with Gasteiger partial charge in [-0.25, -0.2) is 9.97 Å². The molecular weight excluding hydrogens is 466 g/mol. The first-order valence-corrected chi connectivity index (χ1v) is 12.7. The van der Waals surface area contributed by atoms with Crippen LogP contribution in [0.4, 0.5) is 0 Å². The van der Waals surface area contributed by atoms with Gasteiger partial charge in [0.15, 0.2) is 5.58 Å². The predicted molar refractivity (Wildman–Crippen MR) is 155 cm³/mol. The van der Waals surface area contributed by atoms with Crippen LogP contribution in [0.15, 0.2) is 132 Å². The number of benzene rings is 5. The summed E-state index contributed by atoms with van der Waals surface area (Å²) in [6, 6.07) is 42.1. The van der Waals surface area contributed by atoms with E-state index < -0.39 is 0 Å². The first kappa shape index (κ1) is 20.9. The van der Waals surface area contributed by atoms with Gasteiger partial charge in [-0.05, 0) is 34.0 Å². The zero-order valence-corrected chi connectivity index (χ0v) is 20.4. The van der Waals surface area contributed by atoms with Gasteiger partial charge in [-0.3, -0.25) is 4.57 Å². The van der Waals surface area contributed by atoms with E-state index in [1.807, 2.05) is 6.07 Å². The number of furan rings is 1. The molecule has 0 saturated heterocycles. The molecule has 8 rings (SSSR count). The number of nitrogens with zero attached hydrogens (tertiary/aromatic N) is 3. The molecule has 4 nitrogen and oxygen atoms in total. The average molecular weight is 488 g/mol. The van der Waals surface area contributed by atoms with Gasteiger partial charge in [0, 0.05) is 22.4 Å². The van der Waals surface area contributed by atoms with E-state index in [0.29, 0.717) is 11.5 Å². The van der Waals surface area contributed by atoms with Gasteiger partial charge >= 0.3 is 0 Å². The van der Waals surface area contributed by atoms with Crippen LogP contribution in [0.1, 0.15) is 0 Å². The van der Waals surface area contributed by atoms with Gasteiger partial charge in [0.05, 0.1) is 17.3 Å². The molecule has 3 heterocycles. The molecule has 0 spiro atoms. The second-order valence-corrected chi connectivity index (χ2v) is 9.45. The monoisotopic (exact) mass is 487 g/mol. The Bertz CT molecular complexity index is 2090. The molecule has 8 aromatic rings. The maximum atomic E-state index is 5.99. The highest BCUT2D eigenvalue weighted by atomic mass is 16.3. The van der Waals surface area contributed by atoms with E-state index in [2.05, 4.69) is 120 Å². The minimum Gasteiger partial charge on any atom is -0.460 e. The van der Waals surface area contributed by atoms with E-state index in [0.717, 1.165) is 38.9 Å². The molecule has 0 amide bonds. The molecule has 4 heteroatoms. The van der Waals surface area contributed by atoms with Crippen molar-refractivity contribution in [1.29, 1.82) is 0 Å². The fraction of sp³-hybridized carbons (Fsp3) is 0. The summed E-state index contributed by atoms with van der Waals surface area (Å²) in [6.45, 7) is 0. The van der Waals surface area contributed by atoms with E-state index in [1.165, 1.54) is 21.5 Å².